The van der Waals surface area contributed by atoms with Gasteiger partial charge in [-0.2, -0.15) is 0 Å². The van der Waals surface area contributed by atoms with Crippen molar-refractivity contribution in [2.45, 2.75) is 39.3 Å². The van der Waals surface area contributed by atoms with Crippen LogP contribution in [0.1, 0.15) is 31.4 Å². The van der Waals surface area contributed by atoms with Gasteiger partial charge in [0, 0.05) is 18.1 Å². The Bertz CT molecular complexity index is 825. The molecule has 1 unspecified atom stereocenters. The maximum Gasteiger partial charge on any atom is 0.242 e. The lowest BCUT2D eigenvalue weighted by molar-refractivity contribution is -0.140. The molecule has 0 fully saturated rings. The number of hydrogen-bond acceptors (Lipinski definition) is 2. The van der Waals surface area contributed by atoms with Crippen molar-refractivity contribution in [2.75, 3.05) is 6.54 Å². The molecule has 0 spiro atoms. The van der Waals surface area contributed by atoms with Crippen molar-refractivity contribution >= 4 is 46.6 Å². The molecule has 4 nitrogen and oxygen atoms in total. The third kappa shape index (κ3) is 6.13. The number of amides is 2. The fourth-order valence-corrected chi connectivity index (χ4v) is 3.37. The smallest absolute Gasteiger partial charge is 0.242 e. The van der Waals surface area contributed by atoms with Gasteiger partial charge in [0.25, 0.3) is 0 Å². The molecule has 7 heteroatoms. The van der Waals surface area contributed by atoms with Crippen LogP contribution in [0.4, 0.5) is 0 Å². The normalized spacial score (nSPS) is 11.8. The molecular formula is C21H23Cl3N2O2. The minimum absolute atomic E-state index is 0.125. The van der Waals surface area contributed by atoms with E-state index in [0.29, 0.717) is 34.6 Å². The van der Waals surface area contributed by atoms with Gasteiger partial charge in [0.1, 0.15) is 6.04 Å². The van der Waals surface area contributed by atoms with Gasteiger partial charge in [0.15, 0.2) is 0 Å². The molecule has 2 amide bonds. The maximum atomic E-state index is 13.1. The molecule has 28 heavy (non-hydrogen) atoms. The predicted molar refractivity (Wildman–Crippen MR) is 115 cm³/mol. The van der Waals surface area contributed by atoms with Crippen molar-refractivity contribution in [3.63, 3.8) is 0 Å². The van der Waals surface area contributed by atoms with E-state index in [1.807, 2.05) is 26.0 Å². The van der Waals surface area contributed by atoms with E-state index in [1.54, 1.807) is 35.2 Å². The Balaban J connectivity index is 2.28. The van der Waals surface area contributed by atoms with E-state index < -0.39 is 6.04 Å². The first-order chi connectivity index (χ1) is 13.3. The predicted octanol–water partition coefficient (Wildman–Crippen LogP) is 5.13. The van der Waals surface area contributed by atoms with Crippen molar-refractivity contribution in [3.8, 4) is 0 Å². The van der Waals surface area contributed by atoms with Gasteiger partial charge in [-0.1, -0.05) is 59.9 Å². The standard InChI is InChI=1S/C21H23Cl3N2O2/c1-3-19(21(28)25-4-2)26(13-14-5-8-16(22)9-6-14)20(27)12-15-7-10-17(23)18(24)11-15/h5-11,19H,3-4,12-13H2,1-2H3,(H,25,28). The Kier molecular flexibility index (Phi) is 8.61. The highest BCUT2D eigenvalue weighted by molar-refractivity contribution is 6.42. The highest BCUT2D eigenvalue weighted by Gasteiger charge is 2.28. The Morgan fingerprint density at radius 2 is 1.61 bits per heavy atom. The largest absolute Gasteiger partial charge is 0.355 e. The quantitative estimate of drug-likeness (QED) is 0.617. The zero-order valence-electron chi connectivity index (χ0n) is 15.8. The van der Waals surface area contributed by atoms with Crippen molar-refractivity contribution in [1.82, 2.24) is 10.2 Å². The molecule has 0 saturated carbocycles. The summed E-state index contributed by atoms with van der Waals surface area (Å²) in [4.78, 5) is 27.3. The summed E-state index contributed by atoms with van der Waals surface area (Å²) in [5.41, 5.74) is 1.64. The van der Waals surface area contributed by atoms with Crippen molar-refractivity contribution < 1.29 is 9.59 Å². The van der Waals surface area contributed by atoms with Gasteiger partial charge in [-0.15, -0.1) is 0 Å². The van der Waals surface area contributed by atoms with Crippen LogP contribution in [0.2, 0.25) is 15.1 Å². The number of carbonyl (C=O) groups is 2. The lowest BCUT2D eigenvalue weighted by atomic mass is 10.1. The van der Waals surface area contributed by atoms with E-state index in [0.717, 1.165) is 11.1 Å². The Labute approximate surface area is 180 Å². The summed E-state index contributed by atoms with van der Waals surface area (Å²) in [6, 6.07) is 11.8. The highest BCUT2D eigenvalue weighted by Crippen LogP contribution is 2.24. The second kappa shape index (κ2) is 10.7. The number of benzene rings is 2. The zero-order chi connectivity index (χ0) is 20.7. The van der Waals surface area contributed by atoms with Crippen molar-refractivity contribution in [2.24, 2.45) is 0 Å². The lowest BCUT2D eigenvalue weighted by Crippen LogP contribution is -2.49. The molecule has 0 aliphatic heterocycles. The Morgan fingerprint density at radius 1 is 0.964 bits per heavy atom. The summed E-state index contributed by atoms with van der Waals surface area (Å²) in [6.45, 7) is 4.56. The SMILES string of the molecule is CCNC(=O)C(CC)N(Cc1ccc(Cl)cc1)C(=O)Cc1ccc(Cl)c(Cl)c1. The Hall–Kier alpha value is -1.75. The lowest BCUT2D eigenvalue weighted by Gasteiger charge is -2.30. The first-order valence-corrected chi connectivity index (χ1v) is 10.2. The summed E-state index contributed by atoms with van der Waals surface area (Å²) in [5, 5.41) is 4.26. The van der Waals surface area contributed by atoms with Gasteiger partial charge >= 0.3 is 0 Å². The number of carbonyl (C=O) groups excluding carboxylic acids is 2. The molecule has 0 radical (unpaired) electrons. The van der Waals surface area contributed by atoms with Crippen LogP contribution in [0.15, 0.2) is 42.5 Å². The molecular weight excluding hydrogens is 419 g/mol. The molecule has 2 rings (SSSR count). The second-order valence-corrected chi connectivity index (χ2v) is 7.64. The van der Waals surface area contributed by atoms with Crippen LogP contribution in [-0.2, 0) is 22.6 Å². The number of rotatable bonds is 8. The topological polar surface area (TPSA) is 49.4 Å². The van der Waals surface area contributed by atoms with Gasteiger partial charge in [-0.05, 0) is 48.7 Å². The first-order valence-electron chi connectivity index (χ1n) is 9.11. The fraction of sp³-hybridized carbons (Fsp3) is 0.333. The maximum absolute atomic E-state index is 13.1. The highest BCUT2D eigenvalue weighted by atomic mass is 35.5. The van der Waals surface area contributed by atoms with Crippen LogP contribution in [0, 0.1) is 0 Å². The average molecular weight is 442 g/mol. The number of nitrogens with zero attached hydrogens (tertiary/aromatic N) is 1. The summed E-state index contributed by atoms with van der Waals surface area (Å²) in [6.07, 6.45) is 0.632. The zero-order valence-corrected chi connectivity index (χ0v) is 18.1. The van der Waals surface area contributed by atoms with E-state index in [-0.39, 0.29) is 18.2 Å². The molecule has 1 atom stereocenters. The minimum Gasteiger partial charge on any atom is -0.355 e. The van der Waals surface area contributed by atoms with Crippen LogP contribution in [-0.4, -0.2) is 29.3 Å². The third-order valence-electron chi connectivity index (χ3n) is 4.34. The van der Waals surface area contributed by atoms with Crippen LogP contribution >= 0.6 is 34.8 Å². The van der Waals surface area contributed by atoms with Crippen molar-refractivity contribution in [1.29, 1.82) is 0 Å². The molecule has 150 valence electrons. The second-order valence-electron chi connectivity index (χ2n) is 6.39. The van der Waals surface area contributed by atoms with Gasteiger partial charge < -0.3 is 10.2 Å². The molecule has 0 aliphatic carbocycles. The van der Waals surface area contributed by atoms with Crippen LogP contribution in [0.25, 0.3) is 0 Å². The Morgan fingerprint density at radius 3 is 2.18 bits per heavy atom. The van der Waals surface area contributed by atoms with Gasteiger partial charge in [0.2, 0.25) is 11.8 Å². The number of halogens is 3. The van der Waals surface area contributed by atoms with Crippen LogP contribution in [0.3, 0.4) is 0 Å². The number of hydrogen-bond donors (Lipinski definition) is 1. The molecule has 0 bridgehead atoms. The van der Waals surface area contributed by atoms with E-state index in [2.05, 4.69) is 5.32 Å². The number of nitrogens with one attached hydrogen (secondary N) is 1. The van der Waals surface area contributed by atoms with Gasteiger partial charge in [-0.25, -0.2) is 0 Å². The van der Waals surface area contributed by atoms with E-state index in [4.69, 9.17) is 34.8 Å². The van der Waals surface area contributed by atoms with Crippen LogP contribution in [0.5, 0.6) is 0 Å². The van der Waals surface area contributed by atoms with Crippen molar-refractivity contribution in [3.05, 3.63) is 68.7 Å². The summed E-state index contributed by atoms with van der Waals surface area (Å²) < 4.78 is 0. The molecule has 2 aromatic carbocycles. The van der Waals surface area contributed by atoms with E-state index in [9.17, 15) is 9.59 Å². The molecule has 0 aliphatic rings. The molecule has 0 aromatic heterocycles. The van der Waals surface area contributed by atoms with Crippen LogP contribution < -0.4 is 5.32 Å². The molecule has 2 aromatic rings. The molecule has 0 saturated heterocycles. The number of likely N-dealkylation sites (N-methyl/N-ethyl adjacent to an activating group) is 1. The summed E-state index contributed by atoms with van der Waals surface area (Å²) in [5.74, 6) is -0.326. The average Bonchev–Trinajstić information content (AvgIpc) is 2.66. The monoisotopic (exact) mass is 440 g/mol. The van der Waals surface area contributed by atoms with E-state index in [1.165, 1.54) is 0 Å². The minimum atomic E-state index is -0.564. The third-order valence-corrected chi connectivity index (χ3v) is 5.33. The molecule has 1 N–H and O–H groups in total. The fourth-order valence-electron chi connectivity index (χ4n) is 2.92. The summed E-state index contributed by atoms with van der Waals surface area (Å²) >= 11 is 18.0. The summed E-state index contributed by atoms with van der Waals surface area (Å²) in [7, 11) is 0. The van der Waals surface area contributed by atoms with Gasteiger partial charge in [-0.3, -0.25) is 9.59 Å². The van der Waals surface area contributed by atoms with E-state index >= 15 is 0 Å². The van der Waals surface area contributed by atoms with Gasteiger partial charge in [0.05, 0.1) is 16.5 Å². The molecule has 0 heterocycles. The first kappa shape index (κ1) is 22.5.